The van der Waals surface area contributed by atoms with Gasteiger partial charge in [0.1, 0.15) is 0 Å². The van der Waals surface area contributed by atoms with Crippen molar-refractivity contribution in [3.63, 3.8) is 0 Å². The van der Waals surface area contributed by atoms with Gasteiger partial charge in [0.15, 0.2) is 5.69 Å². The fourth-order valence-electron chi connectivity index (χ4n) is 3.97. The second-order valence-electron chi connectivity index (χ2n) is 8.21. The summed E-state index contributed by atoms with van der Waals surface area (Å²) in [6, 6.07) is 9.49. The lowest BCUT2D eigenvalue weighted by molar-refractivity contribution is 0.0743. The van der Waals surface area contributed by atoms with Gasteiger partial charge in [-0.2, -0.15) is 5.10 Å². The number of hydrazine groups is 1. The first-order valence-corrected chi connectivity index (χ1v) is 12.9. The van der Waals surface area contributed by atoms with Crippen LogP contribution < -0.4 is 5.43 Å². The van der Waals surface area contributed by atoms with Crippen molar-refractivity contribution in [1.82, 2.24) is 20.2 Å². The minimum atomic E-state index is -0.195. The number of carbonyl (C=O) groups excluding carboxylic acids is 1. The molecule has 2 aromatic heterocycles. The van der Waals surface area contributed by atoms with Gasteiger partial charge in [0.05, 0.1) is 21.3 Å². The number of hydrogen-bond donors (Lipinski definition) is 1. The number of piperidine rings is 1. The van der Waals surface area contributed by atoms with Crippen LogP contribution in [0.4, 0.5) is 0 Å². The number of rotatable bonds is 7. The summed E-state index contributed by atoms with van der Waals surface area (Å²) in [5, 5.41) is 7.76. The van der Waals surface area contributed by atoms with Crippen LogP contribution in [-0.4, -0.2) is 33.8 Å². The Kier molecular flexibility index (Phi) is 7.91. The fraction of sp³-hybridized carbons (Fsp3) is 0.360. The van der Waals surface area contributed by atoms with Gasteiger partial charge in [-0.3, -0.25) is 10.2 Å². The molecule has 3 aromatic rings. The molecule has 174 valence electrons. The summed E-state index contributed by atoms with van der Waals surface area (Å²) in [6.07, 6.45) is 9.87. The van der Waals surface area contributed by atoms with Crippen LogP contribution in [0.3, 0.4) is 0 Å². The number of carbonyl (C=O) groups is 1. The highest BCUT2D eigenvalue weighted by Gasteiger charge is 2.25. The fourth-order valence-corrected chi connectivity index (χ4v) is 5.48. The largest absolute Gasteiger partial charge is 0.286 e. The third kappa shape index (κ3) is 5.52. The molecule has 3 heterocycles. The predicted octanol–water partition coefficient (Wildman–Crippen LogP) is 7.16. The maximum absolute atomic E-state index is 13.2. The maximum Gasteiger partial charge on any atom is 0.286 e. The van der Waals surface area contributed by atoms with E-state index in [-0.39, 0.29) is 5.91 Å². The van der Waals surface area contributed by atoms with E-state index in [1.165, 1.54) is 6.42 Å². The van der Waals surface area contributed by atoms with Gasteiger partial charge in [0, 0.05) is 28.6 Å². The van der Waals surface area contributed by atoms with Crippen LogP contribution in [0.5, 0.6) is 0 Å². The minimum absolute atomic E-state index is 0.195. The lowest BCUT2D eigenvalue weighted by Gasteiger charge is -2.26. The van der Waals surface area contributed by atoms with Crippen molar-refractivity contribution in [3.8, 4) is 16.3 Å². The van der Waals surface area contributed by atoms with Crippen LogP contribution >= 0.6 is 34.5 Å². The highest BCUT2D eigenvalue weighted by Crippen LogP contribution is 2.36. The molecule has 1 N–H and O–H groups in total. The molecule has 0 bridgehead atoms. The number of hydrogen-bond acceptors (Lipinski definition) is 4. The van der Waals surface area contributed by atoms with Crippen molar-refractivity contribution in [1.29, 1.82) is 0 Å². The van der Waals surface area contributed by atoms with Crippen molar-refractivity contribution in [3.05, 3.63) is 62.6 Å². The second-order valence-corrected chi connectivity index (χ2v) is 10.2. The molecule has 1 fully saturated rings. The van der Waals surface area contributed by atoms with Crippen molar-refractivity contribution in [2.75, 3.05) is 13.1 Å². The number of benzene rings is 1. The van der Waals surface area contributed by atoms with Crippen LogP contribution in [0, 0.1) is 6.92 Å². The molecule has 1 aliphatic rings. The number of halogens is 2. The number of amides is 1. The van der Waals surface area contributed by atoms with Gasteiger partial charge in [-0.05, 0) is 62.6 Å². The second kappa shape index (κ2) is 10.9. The SMILES string of the molecule is CCC/C=C/c1ccc(-c2c(C)c(C(=O)NN3CCCCC3)nn2-c2ccc(Cl)cc2Cl)s1. The zero-order valence-corrected chi connectivity index (χ0v) is 21.2. The number of nitrogens with one attached hydrogen (secondary N) is 1. The lowest BCUT2D eigenvalue weighted by Crippen LogP contribution is -2.45. The van der Waals surface area contributed by atoms with Crippen LogP contribution in [0.1, 0.15) is 60.0 Å². The van der Waals surface area contributed by atoms with Gasteiger partial charge in [0.25, 0.3) is 5.91 Å². The Balaban J connectivity index is 1.75. The number of thiophene rings is 1. The Morgan fingerprint density at radius 1 is 1.18 bits per heavy atom. The van der Waals surface area contributed by atoms with E-state index in [2.05, 4.69) is 36.6 Å². The standard InChI is InChI=1S/C25H28Cl2N4OS/c1-3-4-6-9-19-11-13-22(33-19)24-17(2)23(25(32)29-30-14-7-5-8-15-30)28-31(24)21-12-10-18(26)16-20(21)27/h6,9-13,16H,3-5,7-8,14-15H2,1-2H3,(H,29,32)/b9-6+. The molecule has 0 atom stereocenters. The molecule has 1 saturated heterocycles. The molecule has 0 radical (unpaired) electrons. The van der Waals surface area contributed by atoms with E-state index >= 15 is 0 Å². The Labute approximate surface area is 209 Å². The average molecular weight is 503 g/mol. The summed E-state index contributed by atoms with van der Waals surface area (Å²) in [5.74, 6) is -0.195. The molecular formula is C25H28Cl2N4OS. The maximum atomic E-state index is 13.2. The first-order valence-electron chi connectivity index (χ1n) is 11.4. The molecule has 1 amide bonds. The summed E-state index contributed by atoms with van der Waals surface area (Å²) in [5.41, 5.74) is 5.81. The zero-order valence-electron chi connectivity index (χ0n) is 18.9. The summed E-state index contributed by atoms with van der Waals surface area (Å²) in [7, 11) is 0. The topological polar surface area (TPSA) is 50.2 Å². The molecule has 8 heteroatoms. The lowest BCUT2D eigenvalue weighted by atomic mass is 10.1. The van der Waals surface area contributed by atoms with E-state index < -0.39 is 0 Å². The van der Waals surface area contributed by atoms with Gasteiger partial charge in [-0.15, -0.1) is 11.3 Å². The highest BCUT2D eigenvalue weighted by atomic mass is 35.5. The van der Waals surface area contributed by atoms with E-state index in [0.717, 1.165) is 59.8 Å². The molecule has 1 aliphatic heterocycles. The molecule has 5 nitrogen and oxygen atoms in total. The van der Waals surface area contributed by atoms with Gasteiger partial charge >= 0.3 is 0 Å². The van der Waals surface area contributed by atoms with Crippen LogP contribution in [0.2, 0.25) is 10.0 Å². The van der Waals surface area contributed by atoms with Crippen molar-refractivity contribution >= 4 is 46.5 Å². The van der Waals surface area contributed by atoms with Gasteiger partial charge in [-0.25, -0.2) is 9.69 Å². The molecule has 0 aliphatic carbocycles. The summed E-state index contributed by atoms with van der Waals surface area (Å²) >= 11 is 14.3. The van der Waals surface area contributed by atoms with E-state index in [9.17, 15) is 4.79 Å². The van der Waals surface area contributed by atoms with Crippen molar-refractivity contribution in [2.45, 2.75) is 46.0 Å². The van der Waals surface area contributed by atoms with E-state index in [1.807, 2.05) is 18.0 Å². The first kappa shape index (κ1) is 24.0. The van der Waals surface area contributed by atoms with Crippen molar-refractivity contribution in [2.24, 2.45) is 0 Å². The van der Waals surface area contributed by atoms with E-state index in [0.29, 0.717) is 21.4 Å². The predicted molar refractivity (Wildman–Crippen MR) is 138 cm³/mol. The Morgan fingerprint density at radius 3 is 2.70 bits per heavy atom. The zero-order chi connectivity index (χ0) is 23.4. The molecule has 1 aromatic carbocycles. The van der Waals surface area contributed by atoms with Gasteiger partial charge < -0.3 is 0 Å². The van der Waals surface area contributed by atoms with Crippen LogP contribution in [0.15, 0.2) is 36.4 Å². The summed E-state index contributed by atoms with van der Waals surface area (Å²) in [6.45, 7) is 5.83. The molecule has 33 heavy (non-hydrogen) atoms. The first-order chi connectivity index (χ1) is 16.0. The monoisotopic (exact) mass is 502 g/mol. The third-order valence-corrected chi connectivity index (χ3v) is 7.28. The number of aromatic nitrogens is 2. The quantitative estimate of drug-likeness (QED) is 0.372. The Morgan fingerprint density at radius 2 is 1.97 bits per heavy atom. The number of unbranched alkanes of at least 4 members (excludes halogenated alkanes) is 1. The molecule has 4 rings (SSSR count). The third-order valence-electron chi connectivity index (χ3n) is 5.69. The van der Waals surface area contributed by atoms with Gasteiger partial charge in [-0.1, -0.05) is 49.0 Å². The Hall–Kier alpha value is -2.12. The van der Waals surface area contributed by atoms with E-state index in [4.69, 9.17) is 28.3 Å². The van der Waals surface area contributed by atoms with Gasteiger partial charge in [0.2, 0.25) is 0 Å². The number of nitrogens with zero attached hydrogens (tertiary/aromatic N) is 3. The van der Waals surface area contributed by atoms with Crippen LogP contribution in [0.25, 0.3) is 22.3 Å². The van der Waals surface area contributed by atoms with E-state index in [1.54, 1.807) is 28.2 Å². The smallest absolute Gasteiger partial charge is 0.283 e. The minimum Gasteiger partial charge on any atom is -0.283 e. The van der Waals surface area contributed by atoms with Crippen molar-refractivity contribution < 1.29 is 4.79 Å². The van der Waals surface area contributed by atoms with Crippen LogP contribution in [-0.2, 0) is 0 Å². The summed E-state index contributed by atoms with van der Waals surface area (Å²) < 4.78 is 1.77. The molecule has 0 saturated carbocycles. The Bertz CT molecular complexity index is 1160. The normalized spacial score (nSPS) is 14.8. The summed E-state index contributed by atoms with van der Waals surface area (Å²) in [4.78, 5) is 15.4. The molecule has 0 unspecified atom stereocenters. The highest BCUT2D eigenvalue weighted by molar-refractivity contribution is 7.16. The molecular weight excluding hydrogens is 475 g/mol. The molecule has 0 spiro atoms. The number of allylic oxidation sites excluding steroid dienone is 1. The average Bonchev–Trinajstić information content (AvgIpc) is 3.39.